The first-order valence-corrected chi connectivity index (χ1v) is 11.0. The summed E-state index contributed by atoms with van der Waals surface area (Å²) in [5.41, 5.74) is -0.265. The fraction of sp³-hybridized carbons (Fsp3) is 0.333. The summed E-state index contributed by atoms with van der Waals surface area (Å²) in [6.07, 6.45) is 0. The number of carbonyl (C=O) groups is 4. The van der Waals surface area contributed by atoms with Gasteiger partial charge in [-0.05, 0) is 62.7 Å². The van der Waals surface area contributed by atoms with Gasteiger partial charge in [0.25, 0.3) is 11.8 Å². The van der Waals surface area contributed by atoms with Gasteiger partial charge in [-0.3, -0.25) is 19.3 Å². The lowest BCUT2D eigenvalue weighted by atomic mass is 9.92. The number of alkyl halides is 2. The largest absolute Gasteiger partial charge is 0.435 e. The van der Waals surface area contributed by atoms with E-state index in [1.165, 1.54) is 31.2 Å². The topological polar surface area (TPSA) is 108 Å². The molecular formula is C24H26F2N4O5. The molecule has 0 aliphatic carbocycles. The number of imide groups is 1. The van der Waals surface area contributed by atoms with Crippen LogP contribution in [0.2, 0.25) is 0 Å². The summed E-state index contributed by atoms with van der Waals surface area (Å²) >= 11 is 0. The number of nitrogens with one attached hydrogen (secondary N) is 2. The van der Waals surface area contributed by atoms with Crippen LogP contribution in [0.4, 0.5) is 19.3 Å². The molecule has 2 aromatic rings. The molecule has 1 fully saturated rings. The molecule has 3 rings (SSSR count). The van der Waals surface area contributed by atoms with Crippen LogP contribution >= 0.6 is 0 Å². The number of rotatable bonds is 9. The maximum Gasteiger partial charge on any atom is 0.387 e. The second-order valence-corrected chi connectivity index (χ2v) is 7.95. The summed E-state index contributed by atoms with van der Waals surface area (Å²) in [5.74, 6) is -1.49. The normalized spacial score (nSPS) is 17.4. The van der Waals surface area contributed by atoms with Crippen molar-refractivity contribution in [2.45, 2.75) is 32.9 Å². The number of carbonyl (C=O) groups excluding carboxylic acids is 4. The van der Waals surface area contributed by atoms with E-state index in [2.05, 4.69) is 15.4 Å². The number of urea groups is 1. The lowest BCUT2D eigenvalue weighted by Crippen LogP contribution is -2.42. The van der Waals surface area contributed by atoms with Crippen LogP contribution in [0.5, 0.6) is 5.75 Å². The Morgan fingerprint density at radius 3 is 2.20 bits per heavy atom. The molecule has 1 saturated heterocycles. The van der Waals surface area contributed by atoms with Crippen molar-refractivity contribution in [3.63, 3.8) is 0 Å². The molecule has 0 saturated carbocycles. The average molecular weight is 488 g/mol. The molecule has 1 atom stereocenters. The minimum absolute atomic E-state index is 0.0924. The van der Waals surface area contributed by atoms with Crippen molar-refractivity contribution >= 4 is 29.4 Å². The summed E-state index contributed by atoms with van der Waals surface area (Å²) in [5, 5.41) is 5.14. The van der Waals surface area contributed by atoms with Crippen molar-refractivity contribution in [2.24, 2.45) is 0 Å². The third-order valence-corrected chi connectivity index (χ3v) is 5.70. The molecule has 0 aromatic heterocycles. The molecular weight excluding hydrogens is 462 g/mol. The van der Waals surface area contributed by atoms with Crippen molar-refractivity contribution in [3.05, 3.63) is 59.7 Å². The summed E-state index contributed by atoms with van der Waals surface area (Å²) in [4.78, 5) is 52.8. The van der Waals surface area contributed by atoms with Crippen molar-refractivity contribution in [3.8, 4) is 5.75 Å². The smallest absolute Gasteiger partial charge is 0.387 e. The van der Waals surface area contributed by atoms with Crippen LogP contribution in [0.1, 0.15) is 36.7 Å². The number of amides is 5. The van der Waals surface area contributed by atoms with E-state index in [0.717, 1.165) is 4.90 Å². The predicted octanol–water partition coefficient (Wildman–Crippen LogP) is 3.18. The Bertz CT molecular complexity index is 1100. The van der Waals surface area contributed by atoms with Gasteiger partial charge >= 0.3 is 12.6 Å². The Labute approximate surface area is 201 Å². The van der Waals surface area contributed by atoms with Crippen LogP contribution < -0.4 is 15.4 Å². The summed E-state index contributed by atoms with van der Waals surface area (Å²) in [6, 6.07) is 10.8. The maximum absolute atomic E-state index is 13.0. The highest BCUT2D eigenvalue weighted by molar-refractivity contribution is 6.10. The van der Waals surface area contributed by atoms with Gasteiger partial charge in [0, 0.05) is 24.3 Å². The molecule has 1 heterocycles. The number of benzene rings is 2. The van der Waals surface area contributed by atoms with Crippen LogP contribution in [0.25, 0.3) is 0 Å². The quantitative estimate of drug-likeness (QED) is 0.527. The number of halogens is 2. The van der Waals surface area contributed by atoms with Crippen molar-refractivity contribution in [1.29, 1.82) is 0 Å². The zero-order chi connectivity index (χ0) is 25.8. The Morgan fingerprint density at radius 1 is 1.06 bits per heavy atom. The Morgan fingerprint density at radius 2 is 1.66 bits per heavy atom. The molecule has 35 heavy (non-hydrogen) atoms. The number of hydrogen-bond donors (Lipinski definition) is 2. The van der Waals surface area contributed by atoms with Crippen molar-refractivity contribution in [1.82, 2.24) is 15.1 Å². The molecule has 1 aliphatic rings. The highest BCUT2D eigenvalue weighted by Crippen LogP contribution is 2.30. The molecule has 5 amide bonds. The van der Waals surface area contributed by atoms with Crippen LogP contribution in [-0.4, -0.2) is 59.8 Å². The second-order valence-electron chi connectivity index (χ2n) is 7.95. The van der Waals surface area contributed by atoms with Gasteiger partial charge < -0.3 is 20.3 Å². The van der Waals surface area contributed by atoms with Gasteiger partial charge in [-0.1, -0.05) is 12.1 Å². The molecule has 1 aliphatic heterocycles. The minimum Gasteiger partial charge on any atom is -0.435 e. The highest BCUT2D eigenvalue weighted by Gasteiger charge is 2.49. The van der Waals surface area contributed by atoms with E-state index in [1.807, 2.05) is 13.8 Å². The van der Waals surface area contributed by atoms with E-state index in [-0.39, 0.29) is 11.7 Å². The van der Waals surface area contributed by atoms with E-state index in [1.54, 1.807) is 29.2 Å². The van der Waals surface area contributed by atoms with Gasteiger partial charge in [0.05, 0.1) is 0 Å². The summed E-state index contributed by atoms with van der Waals surface area (Å²) < 4.78 is 29.0. The third-order valence-electron chi connectivity index (χ3n) is 5.70. The molecule has 0 spiro atoms. The lowest BCUT2D eigenvalue weighted by molar-refractivity contribution is -0.133. The van der Waals surface area contributed by atoms with Gasteiger partial charge in [-0.25, -0.2) is 4.79 Å². The SMILES string of the molecule is CCN(CC)C(=O)c1ccc(NC(=O)CN2C(=O)N[C@](C)(c3ccc(OC(F)F)cc3)C2=O)cc1. The molecule has 9 nitrogen and oxygen atoms in total. The standard InChI is InChI=1S/C24H26F2N4O5/c1-4-29(5-2)20(32)15-6-10-17(11-7-15)27-19(31)14-30-21(33)24(3,28-23(30)34)16-8-12-18(13-9-16)35-22(25)26/h6-13,22H,4-5,14H2,1-3H3,(H,27,31)(H,28,34)/t24-/m1/s1. The zero-order valence-electron chi connectivity index (χ0n) is 19.5. The van der Waals surface area contributed by atoms with Gasteiger partial charge in [-0.2, -0.15) is 8.78 Å². The number of anilines is 1. The van der Waals surface area contributed by atoms with Gasteiger partial charge in [0.1, 0.15) is 17.8 Å². The van der Waals surface area contributed by atoms with E-state index >= 15 is 0 Å². The van der Waals surface area contributed by atoms with E-state index < -0.39 is 36.5 Å². The Kier molecular flexibility index (Phi) is 7.68. The maximum atomic E-state index is 13.0. The minimum atomic E-state index is -2.99. The fourth-order valence-corrected chi connectivity index (χ4v) is 3.74. The zero-order valence-corrected chi connectivity index (χ0v) is 19.5. The van der Waals surface area contributed by atoms with Gasteiger partial charge in [-0.15, -0.1) is 0 Å². The molecule has 2 aromatic carbocycles. The number of hydrogen-bond acceptors (Lipinski definition) is 5. The Balaban J connectivity index is 1.65. The van der Waals surface area contributed by atoms with Crippen LogP contribution in [-0.2, 0) is 15.1 Å². The summed E-state index contributed by atoms with van der Waals surface area (Å²) in [6.45, 7) is 2.85. The first kappa shape index (κ1) is 25.6. The van der Waals surface area contributed by atoms with Gasteiger partial charge in [0.15, 0.2) is 0 Å². The van der Waals surface area contributed by atoms with Crippen LogP contribution in [0, 0.1) is 0 Å². The number of nitrogens with zero attached hydrogens (tertiary/aromatic N) is 2. The Hall–Kier alpha value is -4.02. The molecule has 0 radical (unpaired) electrons. The van der Waals surface area contributed by atoms with Crippen molar-refractivity contribution < 1.29 is 32.7 Å². The van der Waals surface area contributed by atoms with E-state index in [9.17, 15) is 28.0 Å². The second kappa shape index (κ2) is 10.5. The summed E-state index contributed by atoms with van der Waals surface area (Å²) in [7, 11) is 0. The van der Waals surface area contributed by atoms with Crippen LogP contribution in [0.3, 0.4) is 0 Å². The van der Waals surface area contributed by atoms with E-state index in [0.29, 0.717) is 29.9 Å². The fourth-order valence-electron chi connectivity index (χ4n) is 3.74. The highest BCUT2D eigenvalue weighted by atomic mass is 19.3. The monoisotopic (exact) mass is 488 g/mol. The molecule has 0 bridgehead atoms. The lowest BCUT2D eigenvalue weighted by Gasteiger charge is -2.22. The molecule has 2 N–H and O–H groups in total. The first-order valence-electron chi connectivity index (χ1n) is 11.0. The number of ether oxygens (including phenoxy) is 1. The third kappa shape index (κ3) is 5.56. The van der Waals surface area contributed by atoms with Gasteiger partial charge in [0.2, 0.25) is 5.91 Å². The van der Waals surface area contributed by atoms with Crippen LogP contribution in [0.15, 0.2) is 48.5 Å². The van der Waals surface area contributed by atoms with E-state index in [4.69, 9.17) is 0 Å². The molecule has 11 heteroatoms. The predicted molar refractivity (Wildman–Crippen MR) is 123 cm³/mol. The first-order chi connectivity index (χ1) is 16.6. The van der Waals surface area contributed by atoms with Crippen molar-refractivity contribution in [2.75, 3.05) is 25.0 Å². The average Bonchev–Trinajstić information content (AvgIpc) is 3.04. The molecule has 186 valence electrons. The molecule has 0 unspecified atom stereocenters.